The van der Waals surface area contributed by atoms with E-state index in [1.54, 1.807) is 29.3 Å². The van der Waals surface area contributed by atoms with Crippen molar-refractivity contribution in [1.29, 1.82) is 0 Å². The molecule has 176 valence electrons. The lowest BCUT2D eigenvalue weighted by Gasteiger charge is -2.23. The van der Waals surface area contributed by atoms with Gasteiger partial charge in [-0.1, -0.05) is 63.6 Å². The summed E-state index contributed by atoms with van der Waals surface area (Å²) in [6.07, 6.45) is 1.60. The molecule has 0 atom stereocenters. The molecule has 0 spiro atoms. The van der Waals surface area contributed by atoms with Gasteiger partial charge in [0.15, 0.2) is 0 Å². The number of carbonyl (C=O) groups excluding carboxylic acids is 1. The molecule has 2 aromatic carbocycles. The van der Waals surface area contributed by atoms with Crippen LogP contribution in [0.4, 0.5) is 5.69 Å². The van der Waals surface area contributed by atoms with Crippen LogP contribution in [-0.2, 0) is 13.1 Å². The van der Waals surface area contributed by atoms with E-state index < -0.39 is 0 Å². The molecule has 4 aromatic rings. The molecule has 34 heavy (non-hydrogen) atoms. The molecule has 0 fully saturated rings. The van der Waals surface area contributed by atoms with Crippen molar-refractivity contribution in [1.82, 2.24) is 25.2 Å². The second-order valence-corrected chi connectivity index (χ2v) is 7.46. The number of hydrogen-bond donors (Lipinski definition) is 1. The zero-order chi connectivity index (χ0) is 24.7. The molecule has 9 heteroatoms. The second kappa shape index (κ2) is 11.4. The van der Waals surface area contributed by atoms with Gasteiger partial charge in [-0.15, -0.1) is 10.2 Å². The van der Waals surface area contributed by atoms with Crippen LogP contribution >= 0.6 is 11.6 Å². The molecule has 0 saturated heterocycles. The van der Waals surface area contributed by atoms with Gasteiger partial charge in [-0.05, 0) is 40.6 Å². The Balaban J connectivity index is 0.000000771. The van der Waals surface area contributed by atoms with E-state index in [9.17, 15) is 9.59 Å². The standard InChI is InChI=1S/C21H15ClN6O2.2C2H6/c22-17-7-14-8-18(9-17)28(21(30)16-5-6-19(29)27(10-14)12-16)11-13-1-3-15(4-2-13)20-23-25-26-24-20;2*1-2/h1-9,12H,10-11H2,(H,23,24,25,26);2*1-2H3. The van der Waals surface area contributed by atoms with E-state index in [0.29, 0.717) is 35.2 Å². The van der Waals surface area contributed by atoms with Gasteiger partial charge >= 0.3 is 0 Å². The van der Waals surface area contributed by atoms with E-state index in [1.807, 2.05) is 58.0 Å². The van der Waals surface area contributed by atoms with E-state index in [0.717, 1.165) is 16.7 Å². The highest BCUT2D eigenvalue weighted by Crippen LogP contribution is 2.28. The number of amides is 1. The van der Waals surface area contributed by atoms with Crippen LogP contribution in [-0.4, -0.2) is 31.1 Å². The predicted molar refractivity (Wildman–Crippen MR) is 134 cm³/mol. The molecule has 1 N–H and O–H groups in total. The fourth-order valence-corrected chi connectivity index (χ4v) is 3.77. The zero-order valence-electron chi connectivity index (χ0n) is 19.6. The first-order chi connectivity index (χ1) is 16.6. The topological polar surface area (TPSA) is 96.8 Å². The molecule has 2 aromatic heterocycles. The molecule has 1 amide bonds. The summed E-state index contributed by atoms with van der Waals surface area (Å²) in [7, 11) is 0. The Kier molecular flexibility index (Phi) is 8.32. The van der Waals surface area contributed by atoms with Crippen molar-refractivity contribution in [3.63, 3.8) is 0 Å². The van der Waals surface area contributed by atoms with Gasteiger partial charge in [0.05, 0.1) is 18.7 Å². The smallest absolute Gasteiger partial charge is 0.260 e. The second-order valence-electron chi connectivity index (χ2n) is 7.03. The van der Waals surface area contributed by atoms with Gasteiger partial charge in [0.1, 0.15) is 0 Å². The van der Waals surface area contributed by atoms with E-state index in [4.69, 9.17) is 11.6 Å². The van der Waals surface area contributed by atoms with Crippen molar-refractivity contribution in [3.8, 4) is 11.4 Å². The molecule has 0 radical (unpaired) electrons. The molecule has 3 heterocycles. The van der Waals surface area contributed by atoms with Crippen LogP contribution in [0.25, 0.3) is 11.4 Å². The van der Waals surface area contributed by atoms with Gasteiger partial charge in [0, 0.05) is 28.5 Å². The van der Waals surface area contributed by atoms with E-state index in [-0.39, 0.29) is 11.5 Å². The average Bonchev–Trinajstić information content (AvgIpc) is 3.41. The Morgan fingerprint density at radius 1 is 0.941 bits per heavy atom. The van der Waals surface area contributed by atoms with Crippen LogP contribution in [0.1, 0.15) is 49.2 Å². The van der Waals surface area contributed by atoms with E-state index >= 15 is 0 Å². The Bertz CT molecular complexity index is 1300. The number of nitrogens with zero attached hydrogens (tertiary/aromatic N) is 5. The van der Waals surface area contributed by atoms with Gasteiger partial charge in [-0.3, -0.25) is 9.59 Å². The Morgan fingerprint density at radius 2 is 1.65 bits per heavy atom. The van der Waals surface area contributed by atoms with Gasteiger partial charge in [0.25, 0.3) is 11.5 Å². The number of aromatic nitrogens is 5. The summed E-state index contributed by atoms with van der Waals surface area (Å²) in [6.45, 7) is 8.69. The average molecular weight is 479 g/mol. The molecule has 4 bridgehead atoms. The van der Waals surface area contributed by atoms with E-state index in [2.05, 4.69) is 20.6 Å². The number of benzene rings is 2. The van der Waals surface area contributed by atoms with Crippen molar-refractivity contribution < 1.29 is 4.79 Å². The van der Waals surface area contributed by atoms with Gasteiger partial charge in [-0.2, -0.15) is 5.21 Å². The lowest BCUT2D eigenvalue weighted by atomic mass is 10.1. The quantitative estimate of drug-likeness (QED) is 0.449. The first-order valence-corrected chi connectivity index (χ1v) is 11.6. The highest BCUT2D eigenvalue weighted by molar-refractivity contribution is 6.31. The van der Waals surface area contributed by atoms with Crippen LogP contribution in [0, 0.1) is 0 Å². The van der Waals surface area contributed by atoms with Crippen molar-refractivity contribution in [2.75, 3.05) is 4.90 Å². The number of aromatic amines is 1. The maximum Gasteiger partial charge on any atom is 0.260 e. The number of anilines is 1. The Hall–Kier alpha value is -3.78. The minimum absolute atomic E-state index is 0.168. The number of tetrazole rings is 1. The van der Waals surface area contributed by atoms with Crippen molar-refractivity contribution >= 4 is 23.2 Å². The molecular weight excluding hydrogens is 452 g/mol. The lowest BCUT2D eigenvalue weighted by Crippen LogP contribution is -2.31. The summed E-state index contributed by atoms with van der Waals surface area (Å²) in [6, 6.07) is 16.0. The highest BCUT2D eigenvalue weighted by atomic mass is 35.5. The Morgan fingerprint density at radius 3 is 2.32 bits per heavy atom. The van der Waals surface area contributed by atoms with Gasteiger partial charge in [0.2, 0.25) is 5.82 Å². The van der Waals surface area contributed by atoms with Crippen molar-refractivity contribution in [3.05, 3.63) is 92.9 Å². The van der Waals surface area contributed by atoms with Crippen LogP contribution in [0.2, 0.25) is 5.02 Å². The first kappa shape index (κ1) is 24.9. The molecule has 5 rings (SSSR count). The number of halogens is 1. The van der Waals surface area contributed by atoms with Crippen molar-refractivity contribution in [2.45, 2.75) is 40.8 Å². The predicted octanol–water partition coefficient (Wildman–Crippen LogP) is 4.94. The van der Waals surface area contributed by atoms with Crippen LogP contribution < -0.4 is 10.5 Å². The van der Waals surface area contributed by atoms with Gasteiger partial charge in [-0.25, -0.2) is 0 Å². The first-order valence-electron chi connectivity index (χ1n) is 11.2. The number of hydrogen-bond acceptors (Lipinski definition) is 5. The number of pyridine rings is 1. The fourth-order valence-electron chi connectivity index (χ4n) is 3.52. The minimum Gasteiger partial charge on any atom is -0.310 e. The lowest BCUT2D eigenvalue weighted by molar-refractivity contribution is 0.0984. The minimum atomic E-state index is -0.207. The van der Waals surface area contributed by atoms with Crippen LogP contribution in [0.5, 0.6) is 0 Å². The summed E-state index contributed by atoms with van der Waals surface area (Å²) in [5.41, 5.74) is 3.55. The SMILES string of the molecule is CC.CC.O=C1c2ccc(=O)n(c2)Cc2cc(Cl)cc(c2)N1Cc1ccc(-c2nn[nH]n2)cc1. The summed E-state index contributed by atoms with van der Waals surface area (Å²) in [4.78, 5) is 27.2. The third-order valence-corrected chi connectivity index (χ3v) is 5.20. The fraction of sp³-hybridized carbons (Fsp3) is 0.240. The molecular formula is C25H27ClN6O2. The molecule has 8 nitrogen and oxygen atoms in total. The molecule has 0 unspecified atom stereocenters. The number of H-pyrrole nitrogens is 1. The summed E-state index contributed by atoms with van der Waals surface area (Å²) in [5, 5.41) is 14.4. The molecule has 0 saturated carbocycles. The highest BCUT2D eigenvalue weighted by Gasteiger charge is 2.22. The molecule has 1 aliphatic rings. The number of fused-ring (bicyclic) bond motifs is 4. The largest absolute Gasteiger partial charge is 0.310 e. The summed E-state index contributed by atoms with van der Waals surface area (Å²) < 4.78 is 1.52. The number of carbonyl (C=O) groups is 1. The maximum absolute atomic E-state index is 13.3. The van der Waals surface area contributed by atoms with Gasteiger partial charge < -0.3 is 9.47 Å². The molecule has 0 aliphatic carbocycles. The number of nitrogens with one attached hydrogen (secondary N) is 1. The monoisotopic (exact) mass is 478 g/mol. The normalized spacial score (nSPS) is 11.8. The van der Waals surface area contributed by atoms with Crippen LogP contribution in [0.3, 0.4) is 0 Å². The summed E-state index contributed by atoms with van der Waals surface area (Å²) in [5.74, 6) is 0.295. The third-order valence-electron chi connectivity index (χ3n) is 4.98. The zero-order valence-corrected chi connectivity index (χ0v) is 20.4. The third kappa shape index (κ3) is 5.40. The van der Waals surface area contributed by atoms with Crippen LogP contribution in [0.15, 0.2) is 65.6 Å². The van der Waals surface area contributed by atoms with Crippen molar-refractivity contribution in [2.24, 2.45) is 0 Å². The number of rotatable bonds is 3. The van der Waals surface area contributed by atoms with E-state index in [1.165, 1.54) is 10.6 Å². The summed E-state index contributed by atoms with van der Waals surface area (Å²) >= 11 is 6.32. The maximum atomic E-state index is 13.3. The molecule has 1 aliphatic heterocycles. The Labute approximate surface area is 203 Å².